The van der Waals surface area contributed by atoms with E-state index in [0.717, 1.165) is 37.3 Å². The Balaban J connectivity index is 1.60. The molecule has 1 atom stereocenters. The largest absolute Gasteiger partial charge is 0.345 e. The predicted octanol–water partition coefficient (Wildman–Crippen LogP) is 1.33. The first-order chi connectivity index (χ1) is 11.7. The van der Waals surface area contributed by atoms with Gasteiger partial charge >= 0.3 is 5.69 Å². The maximum Gasteiger partial charge on any atom is 0.345 e. The summed E-state index contributed by atoms with van der Waals surface area (Å²) in [7, 11) is 0. The molecule has 128 valence electrons. The maximum absolute atomic E-state index is 12.5. The molecule has 2 aromatic heterocycles. The van der Waals surface area contributed by atoms with Gasteiger partial charge in [0.15, 0.2) is 0 Å². The zero-order valence-electron chi connectivity index (χ0n) is 13.9. The van der Waals surface area contributed by atoms with E-state index in [1.807, 2.05) is 21.7 Å². The van der Waals surface area contributed by atoms with Crippen LogP contribution in [0.25, 0.3) is 0 Å². The molecule has 3 heterocycles. The molecule has 0 spiro atoms. The molecule has 0 aliphatic carbocycles. The summed E-state index contributed by atoms with van der Waals surface area (Å²) in [5, 5.41) is 0. The van der Waals surface area contributed by atoms with Gasteiger partial charge in [0, 0.05) is 62.7 Å². The molecule has 1 fully saturated rings. The van der Waals surface area contributed by atoms with Crippen LogP contribution in [0.5, 0.6) is 0 Å². The summed E-state index contributed by atoms with van der Waals surface area (Å²) in [6, 6.07) is 1.83. The van der Waals surface area contributed by atoms with Crippen molar-refractivity contribution in [3.05, 3.63) is 46.7 Å². The summed E-state index contributed by atoms with van der Waals surface area (Å²) in [5.74, 6) is 1.35. The summed E-state index contributed by atoms with van der Waals surface area (Å²) < 4.78 is 2.04. The number of carbonyl (C=O) groups excluding carboxylic acids is 1. The molecule has 0 radical (unpaired) electrons. The molecule has 1 aliphatic heterocycles. The molecule has 0 bridgehead atoms. The number of imidazole rings is 1. The number of hydrogen-bond donors (Lipinski definition) is 1. The summed E-state index contributed by atoms with van der Waals surface area (Å²) in [4.78, 5) is 36.6. The SMILES string of the molecule is CCc1nccn1CCC(=O)N1CCC[C@@H](c2ccnc(=O)[nH]2)C1. The lowest BCUT2D eigenvalue weighted by Gasteiger charge is -2.32. The van der Waals surface area contributed by atoms with Gasteiger partial charge < -0.3 is 14.5 Å². The summed E-state index contributed by atoms with van der Waals surface area (Å²) in [5.41, 5.74) is 0.540. The average molecular weight is 329 g/mol. The van der Waals surface area contributed by atoms with Crippen molar-refractivity contribution in [1.82, 2.24) is 24.4 Å². The molecule has 1 saturated heterocycles. The Labute approximate surface area is 140 Å². The minimum atomic E-state index is -0.330. The molecule has 3 rings (SSSR count). The Bertz CT molecular complexity index is 751. The van der Waals surface area contributed by atoms with Crippen molar-refractivity contribution in [2.24, 2.45) is 0 Å². The lowest BCUT2D eigenvalue weighted by Crippen LogP contribution is -2.40. The molecular formula is C17H23N5O2. The third kappa shape index (κ3) is 3.72. The van der Waals surface area contributed by atoms with Gasteiger partial charge in [-0.25, -0.2) is 14.8 Å². The van der Waals surface area contributed by atoms with Gasteiger partial charge in [-0.15, -0.1) is 0 Å². The zero-order valence-corrected chi connectivity index (χ0v) is 13.9. The van der Waals surface area contributed by atoms with Crippen molar-refractivity contribution in [2.45, 2.75) is 45.1 Å². The highest BCUT2D eigenvalue weighted by Gasteiger charge is 2.25. The fourth-order valence-corrected chi connectivity index (χ4v) is 3.31. The molecule has 1 amide bonds. The highest BCUT2D eigenvalue weighted by atomic mass is 16.2. The van der Waals surface area contributed by atoms with Crippen molar-refractivity contribution in [3.8, 4) is 0 Å². The zero-order chi connectivity index (χ0) is 16.9. The van der Waals surface area contributed by atoms with Gasteiger partial charge in [0.2, 0.25) is 5.91 Å². The number of nitrogens with one attached hydrogen (secondary N) is 1. The van der Waals surface area contributed by atoms with Gasteiger partial charge in [-0.05, 0) is 18.9 Å². The molecule has 7 nitrogen and oxygen atoms in total. The van der Waals surface area contributed by atoms with E-state index in [1.54, 1.807) is 6.20 Å². The van der Waals surface area contributed by atoms with Crippen LogP contribution in [-0.2, 0) is 17.8 Å². The smallest absolute Gasteiger partial charge is 0.342 e. The van der Waals surface area contributed by atoms with Gasteiger partial charge in [-0.1, -0.05) is 6.92 Å². The van der Waals surface area contributed by atoms with Crippen LogP contribution in [0, 0.1) is 0 Å². The Hall–Kier alpha value is -2.44. The van der Waals surface area contributed by atoms with Crippen molar-refractivity contribution < 1.29 is 4.79 Å². The van der Waals surface area contributed by atoms with Gasteiger partial charge in [-0.3, -0.25) is 4.79 Å². The molecular weight excluding hydrogens is 306 g/mol. The van der Waals surface area contributed by atoms with Crippen molar-refractivity contribution in [3.63, 3.8) is 0 Å². The molecule has 2 aromatic rings. The lowest BCUT2D eigenvalue weighted by molar-refractivity contribution is -0.132. The number of likely N-dealkylation sites (tertiary alicyclic amines) is 1. The number of aryl methyl sites for hydroxylation is 2. The van der Waals surface area contributed by atoms with Gasteiger partial charge in [-0.2, -0.15) is 0 Å². The van der Waals surface area contributed by atoms with Crippen LogP contribution in [0.4, 0.5) is 0 Å². The number of nitrogens with zero attached hydrogens (tertiary/aromatic N) is 4. The van der Waals surface area contributed by atoms with E-state index in [0.29, 0.717) is 19.5 Å². The van der Waals surface area contributed by atoms with E-state index >= 15 is 0 Å². The van der Waals surface area contributed by atoms with Crippen molar-refractivity contribution in [1.29, 1.82) is 0 Å². The quantitative estimate of drug-likeness (QED) is 0.897. The number of amides is 1. The highest BCUT2D eigenvalue weighted by Crippen LogP contribution is 2.25. The fraction of sp³-hybridized carbons (Fsp3) is 0.529. The Morgan fingerprint density at radius 3 is 3.04 bits per heavy atom. The van der Waals surface area contributed by atoms with Gasteiger partial charge in [0.1, 0.15) is 5.82 Å². The van der Waals surface area contributed by atoms with E-state index in [4.69, 9.17) is 0 Å². The first-order valence-corrected chi connectivity index (χ1v) is 8.50. The molecule has 1 N–H and O–H groups in total. The van der Waals surface area contributed by atoms with Crippen molar-refractivity contribution >= 4 is 5.91 Å². The standard InChI is InChI=1S/C17H23N5O2/c1-2-15-18-8-11-21(15)10-6-16(23)22-9-3-4-13(12-22)14-5-7-19-17(24)20-14/h5,7-8,11,13H,2-4,6,9-10,12H2,1H3,(H,19,20,24)/t13-/m1/s1. The number of carbonyl (C=O) groups is 1. The minimum absolute atomic E-state index is 0.159. The Morgan fingerprint density at radius 2 is 2.25 bits per heavy atom. The second-order valence-corrected chi connectivity index (χ2v) is 6.15. The molecule has 0 aromatic carbocycles. The first-order valence-electron chi connectivity index (χ1n) is 8.50. The predicted molar refractivity (Wildman–Crippen MR) is 89.6 cm³/mol. The second kappa shape index (κ2) is 7.42. The number of rotatable bonds is 5. The Kier molecular flexibility index (Phi) is 5.08. The van der Waals surface area contributed by atoms with Crippen LogP contribution >= 0.6 is 0 Å². The molecule has 24 heavy (non-hydrogen) atoms. The minimum Gasteiger partial charge on any atom is -0.342 e. The van der Waals surface area contributed by atoms with E-state index in [1.165, 1.54) is 6.20 Å². The third-order valence-corrected chi connectivity index (χ3v) is 4.60. The van der Waals surface area contributed by atoms with E-state index < -0.39 is 0 Å². The lowest BCUT2D eigenvalue weighted by atomic mass is 9.94. The molecule has 1 aliphatic rings. The first kappa shape index (κ1) is 16.4. The van der Waals surface area contributed by atoms with Crippen LogP contribution in [0.3, 0.4) is 0 Å². The fourth-order valence-electron chi connectivity index (χ4n) is 3.31. The number of aromatic nitrogens is 4. The highest BCUT2D eigenvalue weighted by molar-refractivity contribution is 5.76. The van der Waals surface area contributed by atoms with Crippen LogP contribution in [-0.4, -0.2) is 43.4 Å². The summed E-state index contributed by atoms with van der Waals surface area (Å²) in [6.07, 6.45) is 8.50. The topological polar surface area (TPSA) is 83.9 Å². The monoisotopic (exact) mass is 329 g/mol. The summed E-state index contributed by atoms with van der Waals surface area (Å²) >= 11 is 0. The number of aromatic amines is 1. The van der Waals surface area contributed by atoms with E-state index in [9.17, 15) is 9.59 Å². The average Bonchev–Trinajstić information content (AvgIpc) is 3.07. The van der Waals surface area contributed by atoms with Gasteiger partial charge in [0.05, 0.1) is 0 Å². The van der Waals surface area contributed by atoms with Crippen molar-refractivity contribution in [2.75, 3.05) is 13.1 Å². The van der Waals surface area contributed by atoms with Crippen LogP contribution in [0.15, 0.2) is 29.5 Å². The second-order valence-electron chi connectivity index (χ2n) is 6.15. The van der Waals surface area contributed by atoms with Crippen LogP contribution < -0.4 is 5.69 Å². The van der Waals surface area contributed by atoms with E-state index in [2.05, 4.69) is 21.9 Å². The molecule has 0 saturated carbocycles. The van der Waals surface area contributed by atoms with E-state index in [-0.39, 0.29) is 17.5 Å². The normalized spacial score (nSPS) is 17.9. The number of hydrogen-bond acceptors (Lipinski definition) is 4. The molecule has 7 heteroatoms. The van der Waals surface area contributed by atoms with Gasteiger partial charge in [0.25, 0.3) is 0 Å². The maximum atomic E-state index is 12.5. The third-order valence-electron chi connectivity index (χ3n) is 4.60. The summed E-state index contributed by atoms with van der Waals surface area (Å²) in [6.45, 7) is 4.17. The number of piperidine rings is 1. The van der Waals surface area contributed by atoms with Crippen LogP contribution in [0.1, 0.15) is 43.6 Å². The molecule has 0 unspecified atom stereocenters. The number of H-pyrrole nitrogens is 1. The Morgan fingerprint density at radius 1 is 1.38 bits per heavy atom. The van der Waals surface area contributed by atoms with Crippen LogP contribution in [0.2, 0.25) is 0 Å².